The zero-order chi connectivity index (χ0) is 25.5. The van der Waals surface area contributed by atoms with E-state index in [2.05, 4.69) is 5.32 Å². The van der Waals surface area contributed by atoms with Crippen molar-refractivity contribution < 1.29 is 22.7 Å². The first-order valence-electron chi connectivity index (χ1n) is 11.7. The van der Waals surface area contributed by atoms with E-state index < -0.39 is 22.5 Å². The normalized spacial score (nSPS) is 13.5. The summed E-state index contributed by atoms with van der Waals surface area (Å²) in [4.78, 5) is 26.7. The molecule has 0 aromatic heterocycles. The van der Waals surface area contributed by atoms with Crippen LogP contribution < -0.4 is 14.4 Å². The summed E-state index contributed by atoms with van der Waals surface area (Å²) in [6.45, 7) is 1.20. The molecule has 0 aliphatic carbocycles. The van der Waals surface area contributed by atoms with Crippen molar-refractivity contribution in [3.8, 4) is 5.75 Å². The number of sulfonamides is 1. The number of anilines is 1. The second kappa shape index (κ2) is 11.3. The molecule has 1 fully saturated rings. The smallest absolute Gasteiger partial charge is 0.264 e. The SMILES string of the molecule is COc1ccccc1N(CC(=O)NCc1ccc(CN2CCCC2=O)cc1)S(=O)(=O)c1ccccc1. The number of nitrogens with one attached hydrogen (secondary N) is 1. The standard InChI is InChI=1S/C27H29N3O5S/c1-35-25-11-6-5-10-24(25)30(36(33,34)23-8-3-2-4-9-23)20-26(31)28-18-21-13-15-22(16-14-21)19-29-17-7-12-27(29)32/h2-6,8-11,13-16H,7,12,17-20H2,1H3,(H,28,31). The molecule has 3 aromatic rings. The number of rotatable bonds is 10. The van der Waals surface area contributed by atoms with Gasteiger partial charge in [-0.3, -0.25) is 13.9 Å². The molecule has 3 aromatic carbocycles. The van der Waals surface area contributed by atoms with Crippen molar-refractivity contribution in [2.24, 2.45) is 0 Å². The lowest BCUT2D eigenvalue weighted by molar-refractivity contribution is -0.128. The van der Waals surface area contributed by atoms with Gasteiger partial charge >= 0.3 is 0 Å². The number of ether oxygens (including phenoxy) is 1. The van der Waals surface area contributed by atoms with E-state index in [1.54, 1.807) is 42.5 Å². The fourth-order valence-electron chi connectivity index (χ4n) is 4.10. The number of benzene rings is 3. The molecule has 4 rings (SSSR count). The molecule has 9 heteroatoms. The van der Waals surface area contributed by atoms with Crippen LogP contribution in [0.5, 0.6) is 5.75 Å². The first kappa shape index (κ1) is 25.2. The molecule has 188 valence electrons. The van der Waals surface area contributed by atoms with Crippen LogP contribution in [0.2, 0.25) is 0 Å². The number of amides is 2. The lowest BCUT2D eigenvalue weighted by Crippen LogP contribution is -2.40. The maximum atomic E-state index is 13.5. The number of likely N-dealkylation sites (tertiary alicyclic amines) is 1. The van der Waals surface area contributed by atoms with Crippen molar-refractivity contribution in [1.82, 2.24) is 10.2 Å². The van der Waals surface area contributed by atoms with Crippen molar-refractivity contribution in [1.29, 1.82) is 0 Å². The second-order valence-electron chi connectivity index (χ2n) is 8.51. The zero-order valence-electron chi connectivity index (χ0n) is 20.1. The van der Waals surface area contributed by atoms with Gasteiger partial charge in [-0.05, 0) is 41.8 Å². The molecule has 0 bridgehead atoms. The lowest BCUT2D eigenvalue weighted by Gasteiger charge is -2.25. The lowest BCUT2D eigenvalue weighted by atomic mass is 10.1. The van der Waals surface area contributed by atoms with E-state index in [0.29, 0.717) is 18.7 Å². The van der Waals surface area contributed by atoms with Crippen LogP contribution >= 0.6 is 0 Å². The summed E-state index contributed by atoms with van der Waals surface area (Å²) < 4.78 is 33.4. The average Bonchev–Trinajstić information content (AvgIpc) is 3.31. The predicted molar refractivity (Wildman–Crippen MR) is 137 cm³/mol. The number of nitrogens with zero attached hydrogens (tertiary/aromatic N) is 2. The van der Waals surface area contributed by atoms with Crippen molar-refractivity contribution >= 4 is 27.5 Å². The zero-order valence-corrected chi connectivity index (χ0v) is 20.9. The van der Waals surface area contributed by atoms with Crippen molar-refractivity contribution in [2.75, 3.05) is 24.5 Å². The summed E-state index contributed by atoms with van der Waals surface area (Å²) >= 11 is 0. The van der Waals surface area contributed by atoms with Gasteiger partial charge in [0.1, 0.15) is 12.3 Å². The van der Waals surface area contributed by atoms with E-state index >= 15 is 0 Å². The summed E-state index contributed by atoms with van der Waals surface area (Å²) in [6, 6.07) is 22.3. The molecule has 36 heavy (non-hydrogen) atoms. The van der Waals surface area contributed by atoms with Crippen molar-refractivity contribution in [2.45, 2.75) is 30.8 Å². The summed E-state index contributed by atoms with van der Waals surface area (Å²) in [7, 11) is -2.57. The minimum atomic E-state index is -4.03. The van der Waals surface area contributed by atoms with E-state index in [-0.39, 0.29) is 23.0 Å². The Balaban J connectivity index is 1.46. The van der Waals surface area contributed by atoms with Gasteiger partial charge in [0.25, 0.3) is 10.0 Å². The van der Waals surface area contributed by atoms with Crippen LogP contribution in [0.15, 0.2) is 83.8 Å². The van der Waals surface area contributed by atoms with Crippen LogP contribution in [0.3, 0.4) is 0 Å². The van der Waals surface area contributed by atoms with Crippen molar-refractivity contribution in [3.05, 3.63) is 90.0 Å². The first-order valence-corrected chi connectivity index (χ1v) is 13.2. The van der Waals surface area contributed by atoms with Gasteiger partial charge in [0, 0.05) is 26.1 Å². The van der Waals surface area contributed by atoms with E-state index in [4.69, 9.17) is 4.74 Å². The number of hydrogen-bond acceptors (Lipinski definition) is 5. The predicted octanol–water partition coefficient (Wildman–Crippen LogP) is 3.33. The molecule has 0 spiro atoms. The average molecular weight is 508 g/mol. The summed E-state index contributed by atoms with van der Waals surface area (Å²) in [6.07, 6.45) is 1.50. The minimum absolute atomic E-state index is 0.0794. The Morgan fingerprint density at radius 2 is 1.64 bits per heavy atom. The largest absolute Gasteiger partial charge is 0.495 e. The third-order valence-corrected chi connectivity index (χ3v) is 7.80. The molecule has 0 atom stereocenters. The molecule has 0 saturated carbocycles. The number of carbonyl (C=O) groups is 2. The fraction of sp³-hybridized carbons (Fsp3) is 0.259. The summed E-state index contributed by atoms with van der Waals surface area (Å²) in [5.41, 5.74) is 2.17. The van der Waals surface area contributed by atoms with Gasteiger partial charge in [-0.25, -0.2) is 8.42 Å². The van der Waals surface area contributed by atoms with Gasteiger partial charge in [-0.2, -0.15) is 0 Å². The maximum Gasteiger partial charge on any atom is 0.264 e. The molecule has 0 unspecified atom stereocenters. The van der Waals surface area contributed by atoms with Crippen molar-refractivity contribution in [3.63, 3.8) is 0 Å². The van der Waals surface area contributed by atoms with Gasteiger partial charge in [0.15, 0.2) is 0 Å². The molecule has 0 radical (unpaired) electrons. The second-order valence-corrected chi connectivity index (χ2v) is 10.4. The van der Waals surface area contributed by atoms with Crippen LogP contribution in [0, 0.1) is 0 Å². The highest BCUT2D eigenvalue weighted by Gasteiger charge is 2.29. The third kappa shape index (κ3) is 5.85. The molecule has 1 saturated heterocycles. The van der Waals surface area contributed by atoms with E-state index in [9.17, 15) is 18.0 Å². The van der Waals surface area contributed by atoms with Gasteiger partial charge in [0.2, 0.25) is 11.8 Å². The van der Waals surface area contributed by atoms with Crippen LogP contribution in [-0.2, 0) is 32.7 Å². The topological polar surface area (TPSA) is 96.0 Å². The number of methoxy groups -OCH3 is 1. The van der Waals surface area contributed by atoms with Crippen LogP contribution in [0.4, 0.5) is 5.69 Å². The Bertz CT molecular complexity index is 1310. The quantitative estimate of drug-likeness (QED) is 0.454. The first-order chi connectivity index (χ1) is 17.4. The molecule has 1 heterocycles. The van der Waals surface area contributed by atoms with E-state index in [0.717, 1.165) is 28.4 Å². The van der Waals surface area contributed by atoms with Crippen LogP contribution in [0.25, 0.3) is 0 Å². The minimum Gasteiger partial charge on any atom is -0.495 e. The number of hydrogen-bond donors (Lipinski definition) is 1. The number of para-hydroxylation sites is 2. The number of carbonyl (C=O) groups excluding carboxylic acids is 2. The summed E-state index contributed by atoms with van der Waals surface area (Å²) in [5.74, 6) is 0.0698. The van der Waals surface area contributed by atoms with E-state index in [1.165, 1.54) is 19.2 Å². The highest BCUT2D eigenvalue weighted by atomic mass is 32.2. The highest BCUT2D eigenvalue weighted by molar-refractivity contribution is 7.92. The Labute approximate surface area is 211 Å². The van der Waals surface area contributed by atoms with Gasteiger partial charge < -0.3 is 15.0 Å². The third-order valence-electron chi connectivity index (χ3n) is 6.03. The monoisotopic (exact) mass is 507 g/mol. The Hall–Kier alpha value is -3.85. The Kier molecular flexibility index (Phi) is 7.90. The molecule has 1 aliphatic heterocycles. The van der Waals surface area contributed by atoms with Gasteiger partial charge in [0.05, 0.1) is 17.7 Å². The van der Waals surface area contributed by atoms with E-state index in [1.807, 2.05) is 29.2 Å². The van der Waals surface area contributed by atoms with Crippen LogP contribution in [-0.4, -0.2) is 45.3 Å². The maximum absolute atomic E-state index is 13.5. The Morgan fingerprint density at radius 1 is 0.972 bits per heavy atom. The Morgan fingerprint density at radius 3 is 2.31 bits per heavy atom. The van der Waals surface area contributed by atoms with Gasteiger partial charge in [-0.1, -0.05) is 54.6 Å². The van der Waals surface area contributed by atoms with Gasteiger partial charge in [-0.15, -0.1) is 0 Å². The molecular weight excluding hydrogens is 478 g/mol. The molecule has 8 nitrogen and oxygen atoms in total. The molecule has 2 amide bonds. The van der Waals surface area contributed by atoms with Crippen LogP contribution in [0.1, 0.15) is 24.0 Å². The molecule has 1 N–H and O–H groups in total. The fourth-order valence-corrected chi connectivity index (χ4v) is 5.55. The highest BCUT2D eigenvalue weighted by Crippen LogP contribution is 2.32. The molecule has 1 aliphatic rings. The molecular formula is C27H29N3O5S. The summed E-state index contributed by atoms with van der Waals surface area (Å²) in [5, 5.41) is 2.81.